The molecule has 34 heavy (non-hydrogen) atoms. The predicted molar refractivity (Wildman–Crippen MR) is 129 cm³/mol. The monoisotopic (exact) mass is 520 g/mol. The Morgan fingerprint density at radius 1 is 0.471 bits per heavy atom. The van der Waals surface area contributed by atoms with Crippen LogP contribution in [0.2, 0.25) is 0 Å². The second-order valence-corrected chi connectivity index (χ2v) is 9.33. The first kappa shape index (κ1) is 36.9. The van der Waals surface area contributed by atoms with E-state index in [1.807, 2.05) is 0 Å². The van der Waals surface area contributed by atoms with Gasteiger partial charge in [-0.3, -0.25) is 4.18 Å². The molecule has 10 heteroatoms. The standard InChI is InChI=1S/C24H50O8S.Na/c1-2-3-4-5-6-7-8-9-10-11-12-13-14-15-16-28-17-18-29-19-20-30-21-22-31-23-24-32-33(25,26)27;/h2-24H2,1H3,(H,25,26,27);/q;+1/p-1. The molecular formula is C24H49NaO8S. The summed E-state index contributed by atoms with van der Waals surface area (Å²) in [6.45, 7) is 5.57. The summed E-state index contributed by atoms with van der Waals surface area (Å²) < 4.78 is 56.0. The Labute approximate surface area is 231 Å². The van der Waals surface area contributed by atoms with Gasteiger partial charge in [0.05, 0.1) is 52.9 Å². The van der Waals surface area contributed by atoms with E-state index >= 15 is 0 Å². The number of unbranched alkanes of at least 4 members (excludes halogenated alkanes) is 13. The molecule has 0 aromatic heterocycles. The molecule has 0 heterocycles. The maximum atomic E-state index is 10.2. The molecule has 0 rings (SSSR count). The zero-order valence-electron chi connectivity index (χ0n) is 21.9. The van der Waals surface area contributed by atoms with Crippen molar-refractivity contribution in [2.75, 3.05) is 59.5 Å². The van der Waals surface area contributed by atoms with Gasteiger partial charge < -0.3 is 23.5 Å². The first-order valence-electron chi connectivity index (χ1n) is 13.0. The van der Waals surface area contributed by atoms with E-state index in [2.05, 4.69) is 11.1 Å². The van der Waals surface area contributed by atoms with E-state index in [1.165, 1.54) is 83.5 Å². The van der Waals surface area contributed by atoms with E-state index in [-0.39, 0.29) is 42.8 Å². The molecule has 0 radical (unpaired) electrons. The fourth-order valence-electron chi connectivity index (χ4n) is 3.36. The molecule has 0 saturated carbocycles. The molecule has 0 amide bonds. The molecule has 200 valence electrons. The summed E-state index contributed by atoms with van der Waals surface area (Å²) in [7, 11) is -4.64. The van der Waals surface area contributed by atoms with Gasteiger partial charge in [0.25, 0.3) is 0 Å². The van der Waals surface area contributed by atoms with Crippen LogP contribution >= 0.6 is 0 Å². The van der Waals surface area contributed by atoms with Crippen molar-refractivity contribution < 1.29 is 65.7 Å². The summed E-state index contributed by atoms with van der Waals surface area (Å²) in [6.07, 6.45) is 19.0. The molecule has 0 aliphatic carbocycles. The smallest absolute Gasteiger partial charge is 0.726 e. The summed E-state index contributed by atoms with van der Waals surface area (Å²) in [5.74, 6) is 0. The van der Waals surface area contributed by atoms with Crippen LogP contribution in [0.4, 0.5) is 0 Å². The summed E-state index contributed by atoms with van der Waals surface area (Å²) in [6, 6.07) is 0. The molecule has 0 aliphatic rings. The van der Waals surface area contributed by atoms with E-state index in [0.717, 1.165) is 13.0 Å². The average Bonchev–Trinajstić information content (AvgIpc) is 2.78. The molecule has 0 aromatic carbocycles. The third kappa shape index (κ3) is 34.9. The molecule has 0 atom stereocenters. The molecule has 0 aromatic rings. The Morgan fingerprint density at radius 3 is 1.12 bits per heavy atom. The van der Waals surface area contributed by atoms with Crippen molar-refractivity contribution in [1.29, 1.82) is 0 Å². The van der Waals surface area contributed by atoms with Crippen LogP contribution in [0.25, 0.3) is 0 Å². The minimum Gasteiger partial charge on any atom is -0.726 e. The van der Waals surface area contributed by atoms with Gasteiger partial charge in [0.15, 0.2) is 0 Å². The molecule has 0 aliphatic heterocycles. The Hall–Kier alpha value is 0.710. The van der Waals surface area contributed by atoms with E-state index in [0.29, 0.717) is 39.6 Å². The van der Waals surface area contributed by atoms with Gasteiger partial charge in [0, 0.05) is 6.61 Å². The van der Waals surface area contributed by atoms with Crippen LogP contribution in [0, 0.1) is 0 Å². The van der Waals surface area contributed by atoms with Crippen LogP contribution in [0.15, 0.2) is 0 Å². The number of hydrogen-bond donors (Lipinski definition) is 0. The third-order valence-electron chi connectivity index (χ3n) is 5.21. The fraction of sp³-hybridized carbons (Fsp3) is 1.00. The van der Waals surface area contributed by atoms with Crippen molar-refractivity contribution in [2.24, 2.45) is 0 Å². The van der Waals surface area contributed by atoms with E-state index < -0.39 is 10.4 Å². The normalized spacial score (nSPS) is 11.6. The van der Waals surface area contributed by atoms with Crippen LogP contribution in [0.5, 0.6) is 0 Å². The minimum atomic E-state index is -4.64. The Bertz CT molecular complexity index is 480. The van der Waals surface area contributed by atoms with Gasteiger partial charge in [-0.05, 0) is 6.42 Å². The second-order valence-electron chi connectivity index (χ2n) is 8.28. The quantitative estimate of drug-likeness (QED) is 0.0668. The summed E-state index contributed by atoms with van der Waals surface area (Å²) in [4.78, 5) is 0. The van der Waals surface area contributed by atoms with Gasteiger partial charge in [-0.2, -0.15) is 0 Å². The maximum absolute atomic E-state index is 10.2. The molecule has 0 saturated heterocycles. The van der Waals surface area contributed by atoms with Crippen molar-refractivity contribution in [1.82, 2.24) is 0 Å². The van der Waals surface area contributed by atoms with Crippen molar-refractivity contribution in [3.05, 3.63) is 0 Å². The van der Waals surface area contributed by atoms with Crippen LogP contribution in [-0.2, 0) is 33.5 Å². The molecule has 0 fully saturated rings. The molecule has 0 unspecified atom stereocenters. The Balaban J connectivity index is 0. The largest absolute Gasteiger partial charge is 1.00 e. The minimum absolute atomic E-state index is 0. The summed E-state index contributed by atoms with van der Waals surface area (Å²) in [5.41, 5.74) is 0. The van der Waals surface area contributed by atoms with Crippen LogP contribution in [0.3, 0.4) is 0 Å². The van der Waals surface area contributed by atoms with Crippen molar-refractivity contribution in [3.8, 4) is 0 Å². The topological polar surface area (TPSA) is 103 Å². The van der Waals surface area contributed by atoms with Gasteiger partial charge in [-0.1, -0.05) is 90.4 Å². The second kappa shape index (κ2) is 29.9. The van der Waals surface area contributed by atoms with Gasteiger partial charge >= 0.3 is 29.6 Å². The first-order chi connectivity index (χ1) is 16.1. The average molecular weight is 521 g/mol. The van der Waals surface area contributed by atoms with Crippen LogP contribution < -0.4 is 29.6 Å². The number of rotatable bonds is 28. The number of hydrogen-bond acceptors (Lipinski definition) is 8. The third-order valence-corrected chi connectivity index (χ3v) is 5.67. The van der Waals surface area contributed by atoms with Gasteiger partial charge in [-0.25, -0.2) is 8.42 Å². The van der Waals surface area contributed by atoms with E-state index in [9.17, 15) is 13.0 Å². The molecule has 0 spiro atoms. The van der Waals surface area contributed by atoms with Crippen molar-refractivity contribution >= 4 is 10.4 Å². The van der Waals surface area contributed by atoms with Gasteiger partial charge in [0.1, 0.15) is 0 Å². The molecular weight excluding hydrogens is 471 g/mol. The zero-order valence-corrected chi connectivity index (χ0v) is 24.8. The number of ether oxygens (including phenoxy) is 4. The van der Waals surface area contributed by atoms with Gasteiger partial charge in [0.2, 0.25) is 10.4 Å². The molecule has 0 bridgehead atoms. The van der Waals surface area contributed by atoms with Crippen molar-refractivity contribution in [3.63, 3.8) is 0 Å². The van der Waals surface area contributed by atoms with Crippen molar-refractivity contribution in [2.45, 2.75) is 96.8 Å². The summed E-state index contributed by atoms with van der Waals surface area (Å²) in [5, 5.41) is 0. The van der Waals surface area contributed by atoms with Crippen LogP contribution in [-0.4, -0.2) is 72.4 Å². The fourth-order valence-corrected chi connectivity index (χ4v) is 3.63. The Kier molecular flexibility index (Phi) is 32.5. The van der Waals surface area contributed by atoms with E-state index in [4.69, 9.17) is 18.9 Å². The maximum Gasteiger partial charge on any atom is 1.00 e. The molecule has 8 nitrogen and oxygen atoms in total. The predicted octanol–water partition coefficient (Wildman–Crippen LogP) is 2.01. The van der Waals surface area contributed by atoms with Crippen LogP contribution in [0.1, 0.15) is 96.8 Å². The molecule has 0 N–H and O–H groups in total. The van der Waals surface area contributed by atoms with Gasteiger partial charge in [-0.15, -0.1) is 0 Å². The van der Waals surface area contributed by atoms with E-state index in [1.54, 1.807) is 0 Å². The zero-order chi connectivity index (χ0) is 24.3. The SMILES string of the molecule is CCCCCCCCCCCCCCCCOCCOCCOCCOCCOS(=O)(=O)[O-].[Na+]. The first-order valence-corrected chi connectivity index (χ1v) is 14.3. The summed E-state index contributed by atoms with van der Waals surface area (Å²) >= 11 is 0. The Morgan fingerprint density at radius 2 is 0.765 bits per heavy atom.